The lowest BCUT2D eigenvalue weighted by molar-refractivity contribution is -0.132. The number of nitrogens with one attached hydrogen (secondary N) is 1. The molecule has 0 amide bonds. The van der Waals surface area contributed by atoms with Crippen LogP contribution in [0.5, 0.6) is 0 Å². The first kappa shape index (κ1) is 8.62. The highest BCUT2D eigenvalue weighted by molar-refractivity contribution is 6.39. The van der Waals surface area contributed by atoms with E-state index >= 15 is 0 Å². The van der Waals surface area contributed by atoms with E-state index < -0.39 is 5.97 Å². The molecule has 3 heteroatoms. The summed E-state index contributed by atoms with van der Waals surface area (Å²) < 4.78 is 4.26. The topological polar surface area (TPSA) is 50.2 Å². The maximum atomic E-state index is 10.5. The number of methoxy groups -OCH3 is 1. The molecule has 54 valence electrons. The van der Waals surface area contributed by atoms with Crippen molar-refractivity contribution in [3.05, 3.63) is 24.8 Å². The maximum Gasteiger partial charge on any atom is 0.355 e. The number of carbonyl (C=O) groups is 1. The summed E-state index contributed by atoms with van der Waals surface area (Å²) in [7, 11) is 1.23. The molecule has 0 atom stereocenters. The molecule has 0 saturated carbocycles. The lowest BCUT2D eigenvalue weighted by atomic mass is 10.3. The average Bonchev–Trinajstić information content (AvgIpc) is 1.98. The molecular weight excluding hydrogens is 130 g/mol. The van der Waals surface area contributed by atoms with Crippen molar-refractivity contribution < 1.29 is 9.53 Å². The van der Waals surface area contributed by atoms with E-state index in [2.05, 4.69) is 11.3 Å². The van der Waals surface area contributed by atoms with Crippen molar-refractivity contribution in [3.8, 4) is 0 Å². The molecule has 0 fully saturated rings. The molecule has 0 saturated heterocycles. The van der Waals surface area contributed by atoms with Crippen molar-refractivity contribution in [1.82, 2.24) is 0 Å². The maximum absolute atomic E-state index is 10.5. The monoisotopic (exact) mass is 139 g/mol. The Morgan fingerprint density at radius 2 is 2.30 bits per heavy atom. The van der Waals surface area contributed by atoms with Gasteiger partial charge in [0.1, 0.15) is 5.71 Å². The zero-order chi connectivity index (χ0) is 7.98. The van der Waals surface area contributed by atoms with Gasteiger partial charge < -0.3 is 4.74 Å². The molecule has 0 aromatic heterocycles. The third-order valence-electron chi connectivity index (χ3n) is 0.804. The third-order valence-corrected chi connectivity index (χ3v) is 0.804. The second kappa shape index (κ2) is 4.49. The normalized spacial score (nSPS) is 9.30. The predicted molar refractivity (Wildman–Crippen MR) is 39.1 cm³/mol. The van der Waals surface area contributed by atoms with Crippen LogP contribution in [0, 0.1) is 5.41 Å². The van der Waals surface area contributed by atoms with E-state index in [1.54, 1.807) is 0 Å². The zero-order valence-corrected chi connectivity index (χ0v) is 5.76. The van der Waals surface area contributed by atoms with Crippen LogP contribution in [0.15, 0.2) is 24.8 Å². The van der Waals surface area contributed by atoms with E-state index in [9.17, 15) is 4.79 Å². The van der Waals surface area contributed by atoms with Crippen molar-refractivity contribution >= 4 is 11.7 Å². The van der Waals surface area contributed by atoms with Crippen LogP contribution < -0.4 is 0 Å². The summed E-state index contributed by atoms with van der Waals surface area (Å²) in [4.78, 5) is 10.5. The van der Waals surface area contributed by atoms with Gasteiger partial charge in [-0.15, -0.1) is 0 Å². The molecule has 10 heavy (non-hydrogen) atoms. The molecule has 0 aliphatic carbocycles. The summed E-state index contributed by atoms with van der Waals surface area (Å²) in [6.07, 6.45) is 4.30. The zero-order valence-electron chi connectivity index (χ0n) is 5.76. The van der Waals surface area contributed by atoms with Gasteiger partial charge >= 0.3 is 5.97 Å². The second-order valence-corrected chi connectivity index (χ2v) is 1.50. The molecule has 0 spiro atoms. The SMILES string of the molecule is C=C/C=C\C(=N)C(=O)OC. The van der Waals surface area contributed by atoms with E-state index in [-0.39, 0.29) is 5.71 Å². The second-order valence-electron chi connectivity index (χ2n) is 1.50. The fourth-order valence-electron chi connectivity index (χ4n) is 0.342. The van der Waals surface area contributed by atoms with Crippen LogP contribution in [0.25, 0.3) is 0 Å². The minimum absolute atomic E-state index is 0.178. The Hall–Kier alpha value is -1.38. The summed E-state index contributed by atoms with van der Waals surface area (Å²) in [5.74, 6) is -0.641. The van der Waals surface area contributed by atoms with Gasteiger partial charge in [0.15, 0.2) is 0 Å². The summed E-state index contributed by atoms with van der Waals surface area (Å²) in [6.45, 7) is 3.38. The van der Waals surface area contributed by atoms with E-state index in [1.165, 1.54) is 25.3 Å². The highest BCUT2D eigenvalue weighted by atomic mass is 16.5. The number of hydrogen-bond donors (Lipinski definition) is 1. The van der Waals surface area contributed by atoms with Gasteiger partial charge in [0, 0.05) is 0 Å². The Kier molecular flexibility index (Phi) is 3.87. The van der Waals surface area contributed by atoms with E-state index in [1.807, 2.05) is 0 Å². The molecule has 0 aromatic rings. The van der Waals surface area contributed by atoms with Crippen LogP contribution in [0.3, 0.4) is 0 Å². The first-order valence-corrected chi connectivity index (χ1v) is 2.68. The van der Waals surface area contributed by atoms with Gasteiger partial charge in [-0.1, -0.05) is 18.7 Å². The first-order chi connectivity index (χ1) is 4.72. The smallest absolute Gasteiger partial charge is 0.355 e. The van der Waals surface area contributed by atoms with Crippen molar-refractivity contribution in [1.29, 1.82) is 5.41 Å². The van der Waals surface area contributed by atoms with Gasteiger partial charge in [-0.2, -0.15) is 0 Å². The Morgan fingerprint density at radius 3 is 2.70 bits per heavy atom. The van der Waals surface area contributed by atoms with Gasteiger partial charge in [0.25, 0.3) is 0 Å². The predicted octanol–water partition coefficient (Wildman–Crippen LogP) is 0.921. The molecule has 0 heterocycles. The number of hydrogen-bond acceptors (Lipinski definition) is 3. The largest absolute Gasteiger partial charge is 0.464 e. The van der Waals surface area contributed by atoms with Gasteiger partial charge in [-0.05, 0) is 6.08 Å². The summed E-state index contributed by atoms with van der Waals surface area (Å²) in [5.41, 5.74) is -0.178. The van der Waals surface area contributed by atoms with Crippen LogP contribution in [0.1, 0.15) is 0 Å². The van der Waals surface area contributed by atoms with Crippen molar-refractivity contribution in [2.75, 3.05) is 7.11 Å². The van der Waals surface area contributed by atoms with Gasteiger partial charge in [0.2, 0.25) is 0 Å². The average molecular weight is 139 g/mol. The van der Waals surface area contributed by atoms with Crippen LogP contribution in [-0.2, 0) is 9.53 Å². The Morgan fingerprint density at radius 1 is 1.70 bits per heavy atom. The molecular formula is C7H9NO2. The Bertz CT molecular complexity index is 182. The van der Waals surface area contributed by atoms with E-state index in [0.29, 0.717) is 0 Å². The van der Waals surface area contributed by atoms with Crippen LogP contribution >= 0.6 is 0 Å². The van der Waals surface area contributed by atoms with Gasteiger partial charge in [0.05, 0.1) is 7.11 Å². The van der Waals surface area contributed by atoms with Crippen LogP contribution in [0.2, 0.25) is 0 Å². The first-order valence-electron chi connectivity index (χ1n) is 2.68. The van der Waals surface area contributed by atoms with Crippen molar-refractivity contribution in [3.63, 3.8) is 0 Å². The van der Waals surface area contributed by atoms with Crippen LogP contribution in [-0.4, -0.2) is 18.8 Å². The lowest BCUT2D eigenvalue weighted by Crippen LogP contribution is -2.11. The highest BCUT2D eigenvalue weighted by Gasteiger charge is 2.02. The molecule has 0 radical (unpaired) electrons. The summed E-state index contributed by atoms with van der Waals surface area (Å²) in [6, 6.07) is 0. The standard InChI is InChI=1S/C7H9NO2/c1-3-4-5-6(8)7(9)10-2/h3-5,8H,1H2,2H3/b5-4-,8-6?. The van der Waals surface area contributed by atoms with E-state index in [0.717, 1.165) is 0 Å². The summed E-state index contributed by atoms with van der Waals surface area (Å²) in [5, 5.41) is 6.99. The fraction of sp³-hybridized carbons (Fsp3) is 0.143. The Balaban J connectivity index is 3.97. The quantitative estimate of drug-likeness (QED) is 0.359. The molecule has 0 unspecified atom stereocenters. The molecule has 3 nitrogen and oxygen atoms in total. The summed E-state index contributed by atoms with van der Waals surface area (Å²) >= 11 is 0. The highest BCUT2D eigenvalue weighted by Crippen LogP contribution is 1.82. The van der Waals surface area contributed by atoms with Crippen molar-refractivity contribution in [2.24, 2.45) is 0 Å². The number of allylic oxidation sites excluding steroid dienone is 2. The molecule has 0 aliphatic heterocycles. The number of rotatable bonds is 3. The molecule has 1 N–H and O–H groups in total. The van der Waals surface area contributed by atoms with Crippen molar-refractivity contribution in [2.45, 2.75) is 0 Å². The molecule has 0 bridgehead atoms. The van der Waals surface area contributed by atoms with E-state index in [4.69, 9.17) is 5.41 Å². The molecule has 0 aliphatic rings. The number of carbonyl (C=O) groups excluding carboxylic acids is 1. The Labute approximate surface area is 59.5 Å². The van der Waals surface area contributed by atoms with Crippen LogP contribution in [0.4, 0.5) is 0 Å². The molecule has 0 rings (SSSR count). The van der Waals surface area contributed by atoms with Gasteiger partial charge in [-0.25, -0.2) is 4.79 Å². The fourth-order valence-corrected chi connectivity index (χ4v) is 0.342. The minimum Gasteiger partial charge on any atom is -0.464 e. The number of ether oxygens (including phenoxy) is 1. The molecule has 0 aromatic carbocycles. The lowest BCUT2D eigenvalue weighted by Gasteiger charge is -1.92. The third kappa shape index (κ3) is 2.81. The number of esters is 1. The minimum atomic E-state index is -0.641. The van der Waals surface area contributed by atoms with Gasteiger partial charge in [-0.3, -0.25) is 5.41 Å².